The maximum absolute atomic E-state index is 13.1. The van der Waals surface area contributed by atoms with Gasteiger partial charge in [-0.2, -0.15) is 0 Å². The van der Waals surface area contributed by atoms with Gasteiger partial charge >= 0.3 is 17.9 Å². The Kier molecular flexibility index (Phi) is 12.2. The summed E-state index contributed by atoms with van der Waals surface area (Å²) in [7, 11) is 0. The van der Waals surface area contributed by atoms with Gasteiger partial charge in [0.15, 0.2) is 0 Å². The molecule has 41 heavy (non-hydrogen) atoms. The molecule has 0 aromatic heterocycles. The topological polar surface area (TPSA) is 245 Å². The van der Waals surface area contributed by atoms with Crippen LogP contribution in [0.25, 0.3) is 0 Å². The molecule has 14 nitrogen and oxygen atoms in total. The second-order valence-electron chi connectivity index (χ2n) is 9.22. The van der Waals surface area contributed by atoms with Crippen LogP contribution in [0, 0.1) is 0 Å². The maximum atomic E-state index is 13.1. The number of rotatable bonds is 16. The van der Waals surface area contributed by atoms with E-state index in [2.05, 4.69) is 16.0 Å². The number of phenolic OH excluding ortho intramolecular Hbond substituents is 1. The predicted octanol–water partition coefficient (Wildman–Crippen LogP) is -0.617. The van der Waals surface area contributed by atoms with Gasteiger partial charge in [0, 0.05) is 12.8 Å². The zero-order valence-corrected chi connectivity index (χ0v) is 21.9. The van der Waals surface area contributed by atoms with E-state index < -0.39 is 79.1 Å². The molecular weight excluding hydrogens is 540 g/mol. The first kappa shape index (κ1) is 32.2. The van der Waals surface area contributed by atoms with Crippen molar-refractivity contribution in [3.63, 3.8) is 0 Å². The van der Waals surface area contributed by atoms with Crippen molar-refractivity contribution in [2.75, 3.05) is 0 Å². The van der Waals surface area contributed by atoms with Gasteiger partial charge in [0.1, 0.15) is 23.9 Å². The number of aliphatic carboxylic acids is 3. The highest BCUT2D eigenvalue weighted by Crippen LogP contribution is 2.11. The van der Waals surface area contributed by atoms with Gasteiger partial charge in [-0.15, -0.1) is 0 Å². The first-order valence-corrected chi connectivity index (χ1v) is 12.5. The van der Waals surface area contributed by atoms with Crippen LogP contribution in [0.5, 0.6) is 5.75 Å². The van der Waals surface area contributed by atoms with E-state index >= 15 is 0 Å². The highest BCUT2D eigenvalue weighted by atomic mass is 16.4. The van der Waals surface area contributed by atoms with E-state index in [0.717, 1.165) is 0 Å². The molecule has 0 spiro atoms. The molecule has 220 valence electrons. The zero-order valence-electron chi connectivity index (χ0n) is 21.9. The van der Waals surface area contributed by atoms with Gasteiger partial charge in [0.25, 0.3) is 0 Å². The van der Waals surface area contributed by atoms with Crippen LogP contribution in [-0.2, 0) is 41.6 Å². The summed E-state index contributed by atoms with van der Waals surface area (Å²) in [6, 6.07) is 8.41. The highest BCUT2D eigenvalue weighted by molar-refractivity contribution is 5.95. The van der Waals surface area contributed by atoms with E-state index in [9.17, 15) is 44.1 Å². The number of nitrogens with one attached hydrogen (secondary N) is 3. The molecule has 0 saturated carbocycles. The number of carbonyl (C=O) groups is 6. The predicted molar refractivity (Wildman–Crippen MR) is 142 cm³/mol. The number of carboxylic acid groups (broad SMARTS) is 3. The van der Waals surface area contributed by atoms with Crippen molar-refractivity contribution in [2.45, 2.75) is 56.3 Å². The van der Waals surface area contributed by atoms with Gasteiger partial charge in [0.05, 0.1) is 12.5 Å². The molecule has 0 radical (unpaired) electrons. The van der Waals surface area contributed by atoms with Gasteiger partial charge in [0.2, 0.25) is 17.7 Å². The molecule has 0 saturated heterocycles. The van der Waals surface area contributed by atoms with Crippen molar-refractivity contribution in [2.24, 2.45) is 5.73 Å². The summed E-state index contributed by atoms with van der Waals surface area (Å²) in [5.41, 5.74) is 7.10. The van der Waals surface area contributed by atoms with Crippen LogP contribution in [0.2, 0.25) is 0 Å². The molecule has 14 heteroatoms. The molecule has 4 atom stereocenters. The fraction of sp³-hybridized carbons (Fsp3) is 0.333. The van der Waals surface area contributed by atoms with E-state index in [4.69, 9.17) is 10.8 Å². The van der Waals surface area contributed by atoms with Crippen molar-refractivity contribution in [3.8, 4) is 5.75 Å². The molecule has 4 unspecified atom stereocenters. The van der Waals surface area contributed by atoms with Gasteiger partial charge < -0.3 is 42.1 Å². The Morgan fingerprint density at radius 1 is 0.659 bits per heavy atom. The third-order valence-electron chi connectivity index (χ3n) is 5.92. The van der Waals surface area contributed by atoms with Crippen LogP contribution in [-0.4, -0.2) is 80.2 Å². The van der Waals surface area contributed by atoms with Gasteiger partial charge in [-0.25, -0.2) is 4.79 Å². The summed E-state index contributed by atoms with van der Waals surface area (Å²) in [5, 5.41) is 43.9. The van der Waals surface area contributed by atoms with Gasteiger partial charge in [-0.3, -0.25) is 24.0 Å². The van der Waals surface area contributed by atoms with Crippen LogP contribution in [0.3, 0.4) is 0 Å². The molecule has 3 amide bonds. The molecule has 0 bridgehead atoms. The normalized spacial score (nSPS) is 13.6. The summed E-state index contributed by atoms with van der Waals surface area (Å²) in [5.74, 6) is -7.01. The Morgan fingerprint density at radius 2 is 1.20 bits per heavy atom. The van der Waals surface area contributed by atoms with Crippen LogP contribution in [0.4, 0.5) is 0 Å². The summed E-state index contributed by atoms with van der Waals surface area (Å²) < 4.78 is 0. The van der Waals surface area contributed by atoms with Crippen molar-refractivity contribution < 1.29 is 49.2 Å². The standard InChI is InChI=1S/C27H32N4O10/c28-18(12-16-6-8-17(32)9-7-16)24(37)30-21(14-23(35)36)26(39)31-20(13-15-4-2-1-3-5-15)25(38)29-19(27(40)41)10-11-22(33)34/h1-9,18-21,32H,10-14,28H2,(H,29,38)(H,30,37)(H,31,39)(H,33,34)(H,35,36)(H,40,41). The minimum atomic E-state index is -1.64. The third-order valence-corrected chi connectivity index (χ3v) is 5.92. The molecule has 0 fully saturated rings. The number of phenols is 1. The summed E-state index contributed by atoms with van der Waals surface area (Å²) >= 11 is 0. The van der Waals surface area contributed by atoms with Crippen LogP contribution < -0.4 is 21.7 Å². The fourth-order valence-corrected chi connectivity index (χ4v) is 3.77. The number of nitrogens with two attached hydrogens (primary N) is 1. The minimum Gasteiger partial charge on any atom is -0.508 e. The molecule has 0 aliphatic carbocycles. The molecule has 0 aliphatic rings. The van der Waals surface area contributed by atoms with Crippen molar-refractivity contribution in [1.29, 1.82) is 0 Å². The lowest BCUT2D eigenvalue weighted by molar-refractivity contribution is -0.144. The molecule has 0 heterocycles. The number of carboxylic acids is 3. The number of hydrogen-bond donors (Lipinski definition) is 8. The van der Waals surface area contributed by atoms with Crippen molar-refractivity contribution in [1.82, 2.24) is 16.0 Å². The number of hydrogen-bond acceptors (Lipinski definition) is 8. The van der Waals surface area contributed by atoms with E-state index in [-0.39, 0.29) is 18.6 Å². The van der Waals surface area contributed by atoms with E-state index in [1.807, 2.05) is 0 Å². The SMILES string of the molecule is NC(Cc1ccc(O)cc1)C(=O)NC(CC(=O)O)C(=O)NC(Cc1ccccc1)C(=O)NC(CCC(=O)O)C(=O)O. The third kappa shape index (κ3) is 11.3. The minimum absolute atomic E-state index is 0.00983. The zero-order chi connectivity index (χ0) is 30.5. The summed E-state index contributed by atoms with van der Waals surface area (Å²) in [6.45, 7) is 0. The number of benzene rings is 2. The van der Waals surface area contributed by atoms with Gasteiger partial charge in [-0.05, 0) is 36.1 Å². The molecule has 0 aliphatic heterocycles. The first-order valence-electron chi connectivity index (χ1n) is 12.5. The Bertz CT molecular complexity index is 1240. The second kappa shape index (κ2) is 15.6. The monoisotopic (exact) mass is 572 g/mol. The average Bonchev–Trinajstić information content (AvgIpc) is 2.91. The van der Waals surface area contributed by atoms with E-state index in [0.29, 0.717) is 11.1 Å². The lowest BCUT2D eigenvalue weighted by Gasteiger charge is -2.25. The van der Waals surface area contributed by atoms with E-state index in [1.165, 1.54) is 24.3 Å². The van der Waals surface area contributed by atoms with Crippen molar-refractivity contribution >= 4 is 35.6 Å². The Labute approximate surface area is 234 Å². The quantitative estimate of drug-likeness (QED) is 0.126. The fourth-order valence-electron chi connectivity index (χ4n) is 3.77. The molecule has 2 aromatic rings. The Morgan fingerprint density at radius 3 is 1.76 bits per heavy atom. The van der Waals surface area contributed by atoms with Crippen LogP contribution in [0.1, 0.15) is 30.4 Å². The Hall–Kier alpha value is -4.98. The summed E-state index contributed by atoms with van der Waals surface area (Å²) in [6.07, 6.45) is -1.92. The smallest absolute Gasteiger partial charge is 0.326 e. The molecule has 2 rings (SSSR count). The number of aromatic hydroxyl groups is 1. The lowest BCUT2D eigenvalue weighted by Crippen LogP contribution is -2.58. The average molecular weight is 573 g/mol. The molecular formula is C27H32N4O10. The number of carbonyl (C=O) groups excluding carboxylic acids is 3. The lowest BCUT2D eigenvalue weighted by atomic mass is 10.0. The Balaban J connectivity index is 2.20. The number of amides is 3. The molecule has 9 N–H and O–H groups in total. The second-order valence-corrected chi connectivity index (χ2v) is 9.22. The maximum Gasteiger partial charge on any atom is 0.326 e. The highest BCUT2D eigenvalue weighted by Gasteiger charge is 2.32. The van der Waals surface area contributed by atoms with Crippen molar-refractivity contribution in [3.05, 3.63) is 65.7 Å². The largest absolute Gasteiger partial charge is 0.508 e. The first-order chi connectivity index (χ1) is 19.3. The van der Waals surface area contributed by atoms with Gasteiger partial charge in [-0.1, -0.05) is 42.5 Å². The molecule has 2 aromatic carbocycles. The van der Waals surface area contributed by atoms with E-state index in [1.54, 1.807) is 30.3 Å². The van der Waals surface area contributed by atoms with Crippen LogP contribution in [0.15, 0.2) is 54.6 Å². The summed E-state index contributed by atoms with van der Waals surface area (Å²) in [4.78, 5) is 72.9. The van der Waals surface area contributed by atoms with Crippen LogP contribution >= 0.6 is 0 Å².